The van der Waals surface area contributed by atoms with Gasteiger partial charge in [-0.15, -0.1) is 0 Å². The molecule has 0 saturated heterocycles. The maximum atomic E-state index is 14.7. The first-order chi connectivity index (χ1) is 18.5. The molecular formula is C28H25Cl2FN4O3S. The van der Waals surface area contributed by atoms with Crippen molar-refractivity contribution in [1.29, 1.82) is 0 Å². The van der Waals surface area contributed by atoms with Crippen LogP contribution in [0.5, 0.6) is 0 Å². The lowest BCUT2D eigenvalue weighted by atomic mass is 10.2. The minimum absolute atomic E-state index is 0.0697. The van der Waals surface area contributed by atoms with Gasteiger partial charge < -0.3 is 4.57 Å². The van der Waals surface area contributed by atoms with Crippen LogP contribution in [-0.4, -0.2) is 31.7 Å². The summed E-state index contributed by atoms with van der Waals surface area (Å²) in [5.41, 5.74) is 6.00. The number of benzene rings is 3. The number of sulfonamides is 1. The van der Waals surface area contributed by atoms with Gasteiger partial charge in [-0.2, -0.15) is 5.10 Å². The van der Waals surface area contributed by atoms with Crippen molar-refractivity contribution in [3.05, 3.63) is 111 Å². The highest BCUT2D eigenvalue weighted by Crippen LogP contribution is 2.29. The van der Waals surface area contributed by atoms with Crippen LogP contribution in [0, 0.1) is 26.6 Å². The summed E-state index contributed by atoms with van der Waals surface area (Å²) >= 11 is 12.5. The highest BCUT2D eigenvalue weighted by Gasteiger charge is 2.29. The van der Waals surface area contributed by atoms with Gasteiger partial charge in [-0.05, 0) is 69.3 Å². The fourth-order valence-corrected chi connectivity index (χ4v) is 5.87. The Morgan fingerprint density at radius 2 is 1.72 bits per heavy atom. The molecule has 39 heavy (non-hydrogen) atoms. The van der Waals surface area contributed by atoms with Crippen LogP contribution < -0.4 is 9.73 Å². The standard InChI is InChI=1S/C28H25Cl2FN4O3S/c1-18-8-11-23(12-9-18)39(37,38)34(26-7-5-4-6-25(26)31)17-28(36)33-32-16-21-14-19(2)35(20(21)3)27-15-22(29)10-13-24(27)30/h4-16H,17H2,1-3H3,(H,33,36)/b32-16+. The third kappa shape index (κ3) is 6.16. The number of carbonyl (C=O) groups excluding carboxylic acids is 1. The predicted molar refractivity (Wildman–Crippen MR) is 153 cm³/mol. The van der Waals surface area contributed by atoms with Crippen molar-refractivity contribution < 1.29 is 17.6 Å². The number of rotatable bonds is 8. The molecule has 202 valence electrons. The maximum absolute atomic E-state index is 14.7. The number of halogens is 3. The average molecular weight is 588 g/mol. The number of hydrogen-bond acceptors (Lipinski definition) is 4. The zero-order valence-electron chi connectivity index (χ0n) is 21.3. The number of nitrogens with zero attached hydrogens (tertiary/aromatic N) is 3. The summed E-state index contributed by atoms with van der Waals surface area (Å²) in [5.74, 6) is -1.53. The SMILES string of the molecule is Cc1ccc(S(=O)(=O)N(CC(=O)N/N=C/c2cc(C)n(-c3cc(Cl)ccc3Cl)c2C)c2ccccc2F)cc1. The Labute approximate surface area is 236 Å². The van der Waals surface area contributed by atoms with Crippen LogP contribution in [0.15, 0.2) is 82.8 Å². The van der Waals surface area contributed by atoms with E-state index in [2.05, 4.69) is 10.5 Å². The van der Waals surface area contributed by atoms with Crippen LogP contribution in [0.25, 0.3) is 5.69 Å². The Kier molecular flexibility index (Phi) is 8.44. The number of anilines is 1. The van der Waals surface area contributed by atoms with Crippen LogP contribution >= 0.6 is 23.2 Å². The van der Waals surface area contributed by atoms with Gasteiger partial charge in [-0.3, -0.25) is 9.10 Å². The summed E-state index contributed by atoms with van der Waals surface area (Å²) in [7, 11) is -4.26. The fourth-order valence-electron chi connectivity index (χ4n) is 4.08. The number of para-hydroxylation sites is 1. The second-order valence-electron chi connectivity index (χ2n) is 8.83. The van der Waals surface area contributed by atoms with Crippen LogP contribution in [0.3, 0.4) is 0 Å². The largest absolute Gasteiger partial charge is 0.316 e. The summed E-state index contributed by atoms with van der Waals surface area (Å²) in [6.45, 7) is 4.88. The molecule has 1 amide bonds. The highest BCUT2D eigenvalue weighted by molar-refractivity contribution is 7.92. The van der Waals surface area contributed by atoms with Gasteiger partial charge in [0.05, 0.1) is 27.5 Å². The third-order valence-corrected chi connectivity index (χ3v) is 8.36. The van der Waals surface area contributed by atoms with E-state index in [9.17, 15) is 17.6 Å². The molecule has 0 atom stereocenters. The van der Waals surface area contributed by atoms with Crippen molar-refractivity contribution in [2.45, 2.75) is 25.7 Å². The van der Waals surface area contributed by atoms with Crippen molar-refractivity contribution >= 4 is 51.0 Å². The van der Waals surface area contributed by atoms with Crippen molar-refractivity contribution in [2.24, 2.45) is 5.10 Å². The number of aryl methyl sites for hydroxylation is 2. The van der Waals surface area contributed by atoms with Crippen molar-refractivity contribution in [3.8, 4) is 5.69 Å². The number of hydrogen-bond donors (Lipinski definition) is 1. The third-order valence-electron chi connectivity index (χ3n) is 6.03. The number of carbonyl (C=O) groups is 1. The van der Waals surface area contributed by atoms with E-state index in [1.807, 2.05) is 31.4 Å². The first-order valence-corrected chi connectivity index (χ1v) is 14.0. The molecular weight excluding hydrogens is 562 g/mol. The lowest BCUT2D eigenvalue weighted by Crippen LogP contribution is -2.40. The molecule has 4 rings (SSSR count). The lowest BCUT2D eigenvalue weighted by molar-refractivity contribution is -0.119. The normalized spacial score (nSPS) is 11.6. The number of hydrazone groups is 1. The molecule has 0 radical (unpaired) electrons. The Morgan fingerprint density at radius 1 is 1.03 bits per heavy atom. The molecule has 1 heterocycles. The van der Waals surface area contributed by atoms with Crippen LogP contribution in [0.1, 0.15) is 22.5 Å². The molecule has 0 saturated carbocycles. The van der Waals surface area contributed by atoms with Gasteiger partial charge in [0.2, 0.25) is 0 Å². The van der Waals surface area contributed by atoms with E-state index in [0.717, 1.165) is 27.3 Å². The number of aromatic nitrogens is 1. The molecule has 0 spiro atoms. The Bertz CT molecular complexity index is 1670. The van der Waals surface area contributed by atoms with E-state index in [-0.39, 0.29) is 10.6 Å². The molecule has 0 unspecified atom stereocenters. The molecule has 1 N–H and O–H groups in total. The molecule has 7 nitrogen and oxygen atoms in total. The van der Waals surface area contributed by atoms with Gasteiger partial charge >= 0.3 is 0 Å². The van der Waals surface area contributed by atoms with E-state index in [0.29, 0.717) is 21.3 Å². The second kappa shape index (κ2) is 11.6. The van der Waals surface area contributed by atoms with Gasteiger partial charge in [0.15, 0.2) is 0 Å². The number of amides is 1. The summed E-state index contributed by atoms with van der Waals surface area (Å²) in [5, 5.41) is 5.06. The highest BCUT2D eigenvalue weighted by atomic mass is 35.5. The molecule has 4 aromatic rings. The van der Waals surface area contributed by atoms with Gasteiger partial charge in [-0.25, -0.2) is 18.2 Å². The molecule has 3 aromatic carbocycles. The predicted octanol–water partition coefficient (Wildman–Crippen LogP) is 6.19. The quantitative estimate of drug-likeness (QED) is 0.197. The summed E-state index contributed by atoms with van der Waals surface area (Å²) in [6, 6.07) is 18.5. The average Bonchev–Trinajstić information content (AvgIpc) is 3.17. The molecule has 0 fully saturated rings. The maximum Gasteiger partial charge on any atom is 0.264 e. The van der Waals surface area contributed by atoms with Crippen LogP contribution in [0.2, 0.25) is 10.0 Å². The Hall–Kier alpha value is -3.66. The van der Waals surface area contributed by atoms with Crippen molar-refractivity contribution in [3.63, 3.8) is 0 Å². The lowest BCUT2D eigenvalue weighted by Gasteiger charge is -2.24. The molecule has 0 aliphatic carbocycles. The number of nitrogens with one attached hydrogen (secondary N) is 1. The summed E-state index contributed by atoms with van der Waals surface area (Å²) in [4.78, 5) is 12.8. The molecule has 1 aromatic heterocycles. The van der Waals surface area contributed by atoms with Crippen LogP contribution in [0.4, 0.5) is 10.1 Å². The minimum Gasteiger partial charge on any atom is -0.316 e. The Balaban J connectivity index is 1.57. The minimum atomic E-state index is -4.26. The summed E-state index contributed by atoms with van der Waals surface area (Å²) in [6.07, 6.45) is 1.44. The van der Waals surface area contributed by atoms with Gasteiger partial charge in [0, 0.05) is 22.0 Å². The first kappa shape index (κ1) is 28.4. The van der Waals surface area contributed by atoms with Gasteiger partial charge in [-0.1, -0.05) is 53.0 Å². The zero-order valence-corrected chi connectivity index (χ0v) is 23.6. The Morgan fingerprint density at radius 3 is 2.41 bits per heavy atom. The topological polar surface area (TPSA) is 83.8 Å². The smallest absolute Gasteiger partial charge is 0.264 e. The fraction of sp³-hybridized carbons (Fsp3) is 0.143. The molecule has 0 aliphatic rings. The molecule has 0 aliphatic heterocycles. The van der Waals surface area contributed by atoms with Crippen LogP contribution in [-0.2, 0) is 14.8 Å². The molecule has 11 heteroatoms. The van der Waals surface area contributed by atoms with E-state index in [4.69, 9.17) is 23.2 Å². The van der Waals surface area contributed by atoms with Gasteiger partial charge in [0.1, 0.15) is 12.4 Å². The van der Waals surface area contributed by atoms with E-state index in [1.54, 1.807) is 30.3 Å². The molecule has 0 bridgehead atoms. The van der Waals surface area contributed by atoms with E-state index in [1.165, 1.54) is 36.5 Å². The van der Waals surface area contributed by atoms with Crippen molar-refractivity contribution in [2.75, 3.05) is 10.8 Å². The van der Waals surface area contributed by atoms with E-state index >= 15 is 0 Å². The van der Waals surface area contributed by atoms with E-state index < -0.39 is 28.3 Å². The summed E-state index contributed by atoms with van der Waals surface area (Å²) < 4.78 is 44.1. The second-order valence-corrected chi connectivity index (χ2v) is 11.5. The monoisotopic (exact) mass is 586 g/mol. The first-order valence-electron chi connectivity index (χ1n) is 11.8. The van der Waals surface area contributed by atoms with Crippen molar-refractivity contribution in [1.82, 2.24) is 9.99 Å². The zero-order chi connectivity index (χ0) is 28.3. The van der Waals surface area contributed by atoms with Gasteiger partial charge in [0.25, 0.3) is 15.9 Å².